The highest BCUT2D eigenvalue weighted by atomic mass is 32.2. The van der Waals surface area contributed by atoms with Crippen molar-refractivity contribution in [2.75, 3.05) is 24.9 Å². The topological polar surface area (TPSA) is 69.7 Å². The molecule has 0 aliphatic carbocycles. The van der Waals surface area contributed by atoms with E-state index in [1.54, 1.807) is 41.7 Å². The van der Waals surface area contributed by atoms with Crippen molar-refractivity contribution in [1.29, 1.82) is 0 Å². The van der Waals surface area contributed by atoms with E-state index in [-0.39, 0.29) is 18.5 Å². The molecule has 1 aromatic carbocycles. The van der Waals surface area contributed by atoms with Crippen LogP contribution in [-0.4, -0.2) is 39.3 Å². The Bertz CT molecular complexity index is 790. The number of benzene rings is 1. The van der Waals surface area contributed by atoms with Crippen LogP contribution >= 0.6 is 11.3 Å². The van der Waals surface area contributed by atoms with Gasteiger partial charge >= 0.3 is 10.2 Å². The lowest BCUT2D eigenvalue weighted by Crippen LogP contribution is -2.46. The van der Waals surface area contributed by atoms with Gasteiger partial charge in [0.05, 0.1) is 11.7 Å². The largest absolute Gasteiger partial charge is 0.347 e. The van der Waals surface area contributed by atoms with Crippen LogP contribution in [0.5, 0.6) is 0 Å². The minimum Gasteiger partial charge on any atom is -0.347 e. The zero-order valence-electron chi connectivity index (χ0n) is 15.3. The van der Waals surface area contributed by atoms with Crippen molar-refractivity contribution >= 4 is 33.1 Å². The summed E-state index contributed by atoms with van der Waals surface area (Å²) in [5, 5.41) is 4.95. The molecule has 1 N–H and O–H groups in total. The summed E-state index contributed by atoms with van der Waals surface area (Å²) in [6, 6.07) is 12.5. The quantitative estimate of drug-likeness (QED) is 0.709. The number of para-hydroxylation sites is 1. The predicted octanol–water partition coefficient (Wildman–Crippen LogP) is 3.02. The molecule has 142 valence electrons. The number of nitrogens with zero attached hydrogens (tertiary/aromatic N) is 2. The highest BCUT2D eigenvalue weighted by Crippen LogP contribution is 2.24. The number of hydrogen-bond donors (Lipinski definition) is 1. The van der Waals surface area contributed by atoms with Gasteiger partial charge in [0.25, 0.3) is 0 Å². The molecular formula is C18H25N3O3S2. The zero-order valence-corrected chi connectivity index (χ0v) is 16.9. The van der Waals surface area contributed by atoms with Crippen LogP contribution in [0.2, 0.25) is 0 Å². The Labute approximate surface area is 159 Å². The molecule has 8 heteroatoms. The van der Waals surface area contributed by atoms with Crippen molar-refractivity contribution in [3.05, 3.63) is 52.7 Å². The first kappa shape index (κ1) is 20.4. The smallest absolute Gasteiger partial charge is 0.304 e. The van der Waals surface area contributed by atoms with Gasteiger partial charge in [-0.15, -0.1) is 11.3 Å². The Morgan fingerprint density at radius 2 is 1.85 bits per heavy atom. The molecular weight excluding hydrogens is 370 g/mol. The van der Waals surface area contributed by atoms with Crippen molar-refractivity contribution in [3.8, 4) is 0 Å². The third-order valence-electron chi connectivity index (χ3n) is 3.87. The Morgan fingerprint density at radius 1 is 1.15 bits per heavy atom. The van der Waals surface area contributed by atoms with Crippen LogP contribution in [0.4, 0.5) is 5.69 Å². The number of hydrogen-bond acceptors (Lipinski definition) is 4. The van der Waals surface area contributed by atoms with E-state index in [1.807, 2.05) is 17.5 Å². The first-order valence-corrected chi connectivity index (χ1v) is 10.7. The average molecular weight is 396 g/mol. The minimum absolute atomic E-state index is 0.104. The van der Waals surface area contributed by atoms with Gasteiger partial charge in [0.2, 0.25) is 5.91 Å². The fourth-order valence-corrected chi connectivity index (χ4v) is 4.41. The van der Waals surface area contributed by atoms with Gasteiger partial charge in [0, 0.05) is 19.0 Å². The molecule has 2 rings (SSSR count). The lowest BCUT2D eigenvalue weighted by atomic mass is 10.1. The average Bonchev–Trinajstić information content (AvgIpc) is 3.14. The van der Waals surface area contributed by atoms with E-state index in [0.29, 0.717) is 5.69 Å². The van der Waals surface area contributed by atoms with Crippen molar-refractivity contribution in [2.45, 2.75) is 25.8 Å². The molecule has 6 nitrogen and oxygen atoms in total. The second-order valence-electron chi connectivity index (χ2n) is 6.06. The van der Waals surface area contributed by atoms with Gasteiger partial charge in [0.15, 0.2) is 0 Å². The molecule has 0 saturated heterocycles. The summed E-state index contributed by atoms with van der Waals surface area (Å²) in [6.07, 6.45) is 1.72. The molecule has 0 saturated carbocycles. The van der Waals surface area contributed by atoms with Crippen molar-refractivity contribution < 1.29 is 13.2 Å². The number of nitrogens with one attached hydrogen (secondary N) is 1. The van der Waals surface area contributed by atoms with Gasteiger partial charge in [-0.3, -0.25) is 4.79 Å². The molecule has 1 heterocycles. The number of thiophene rings is 1. The summed E-state index contributed by atoms with van der Waals surface area (Å²) in [6.45, 7) is 1.79. The number of anilines is 1. The van der Waals surface area contributed by atoms with Crippen LogP contribution in [-0.2, 0) is 15.0 Å². The third kappa shape index (κ3) is 5.06. The maximum absolute atomic E-state index is 12.7. The van der Waals surface area contributed by atoms with Gasteiger partial charge in [-0.05, 0) is 30.0 Å². The molecule has 1 amide bonds. The number of carbonyl (C=O) groups is 1. The van der Waals surface area contributed by atoms with Crippen molar-refractivity contribution in [1.82, 2.24) is 9.62 Å². The first-order valence-electron chi connectivity index (χ1n) is 8.44. The molecule has 26 heavy (non-hydrogen) atoms. The molecule has 0 radical (unpaired) electrons. The summed E-state index contributed by atoms with van der Waals surface area (Å²) in [5.74, 6) is -0.328. The molecule has 0 spiro atoms. The van der Waals surface area contributed by atoms with E-state index >= 15 is 0 Å². The van der Waals surface area contributed by atoms with Crippen LogP contribution in [0, 0.1) is 0 Å². The summed E-state index contributed by atoms with van der Waals surface area (Å²) in [4.78, 5) is 13.7. The normalized spacial score (nSPS) is 12.8. The van der Waals surface area contributed by atoms with E-state index in [4.69, 9.17) is 0 Å². The SMILES string of the molecule is CCCC(NC(=O)CN(c1ccccc1)S(=O)(=O)N(C)C)c1cccs1. The van der Waals surface area contributed by atoms with Gasteiger partial charge in [-0.2, -0.15) is 12.7 Å². The maximum atomic E-state index is 12.7. The zero-order chi connectivity index (χ0) is 19.2. The summed E-state index contributed by atoms with van der Waals surface area (Å²) in [7, 11) is -0.874. The van der Waals surface area contributed by atoms with Crippen LogP contribution in [0.3, 0.4) is 0 Å². The summed E-state index contributed by atoms with van der Waals surface area (Å²) in [5.41, 5.74) is 0.458. The molecule has 1 atom stereocenters. The molecule has 0 aliphatic heterocycles. The molecule has 0 aliphatic rings. The van der Waals surface area contributed by atoms with Gasteiger partial charge < -0.3 is 5.32 Å². The number of carbonyl (C=O) groups excluding carboxylic acids is 1. The standard InChI is InChI=1S/C18H25N3O3S2/c1-4-9-16(17-12-8-13-25-17)19-18(22)14-21(26(23,24)20(2)3)15-10-6-5-7-11-15/h5-8,10-13,16H,4,9,14H2,1-3H3,(H,19,22). The highest BCUT2D eigenvalue weighted by molar-refractivity contribution is 7.90. The van der Waals surface area contributed by atoms with Crippen LogP contribution < -0.4 is 9.62 Å². The van der Waals surface area contributed by atoms with Crippen molar-refractivity contribution in [2.24, 2.45) is 0 Å². The number of amides is 1. The molecule has 0 fully saturated rings. The Morgan fingerprint density at radius 3 is 2.38 bits per heavy atom. The second-order valence-corrected chi connectivity index (χ2v) is 9.10. The molecule has 2 aromatic rings. The van der Waals surface area contributed by atoms with Gasteiger partial charge in [0.1, 0.15) is 6.54 Å². The fraction of sp³-hybridized carbons (Fsp3) is 0.389. The first-order chi connectivity index (χ1) is 12.4. The van der Waals surface area contributed by atoms with E-state index in [9.17, 15) is 13.2 Å². The predicted molar refractivity (Wildman–Crippen MR) is 107 cm³/mol. The van der Waals surface area contributed by atoms with E-state index in [2.05, 4.69) is 12.2 Å². The lowest BCUT2D eigenvalue weighted by molar-refractivity contribution is -0.120. The highest BCUT2D eigenvalue weighted by Gasteiger charge is 2.28. The third-order valence-corrected chi connectivity index (χ3v) is 6.68. The Hall–Kier alpha value is -1.90. The second kappa shape index (κ2) is 9.16. The van der Waals surface area contributed by atoms with Crippen molar-refractivity contribution in [3.63, 3.8) is 0 Å². The number of rotatable bonds is 9. The Balaban J connectivity index is 2.21. The lowest BCUT2D eigenvalue weighted by Gasteiger charge is -2.27. The minimum atomic E-state index is -3.78. The summed E-state index contributed by atoms with van der Waals surface area (Å²) >= 11 is 1.58. The van der Waals surface area contributed by atoms with Crippen LogP contribution in [0.15, 0.2) is 47.8 Å². The van der Waals surface area contributed by atoms with Gasteiger partial charge in [-0.1, -0.05) is 37.6 Å². The van der Waals surface area contributed by atoms with E-state index in [1.165, 1.54) is 14.1 Å². The monoisotopic (exact) mass is 395 g/mol. The molecule has 0 bridgehead atoms. The summed E-state index contributed by atoms with van der Waals surface area (Å²) < 4.78 is 27.6. The van der Waals surface area contributed by atoms with Crippen LogP contribution in [0.25, 0.3) is 0 Å². The molecule has 1 unspecified atom stereocenters. The molecule has 1 aromatic heterocycles. The fourth-order valence-electron chi connectivity index (χ4n) is 2.53. The van der Waals surface area contributed by atoms with Gasteiger partial charge in [-0.25, -0.2) is 4.31 Å². The Kier molecular flexibility index (Phi) is 7.19. The van der Waals surface area contributed by atoms with E-state index < -0.39 is 10.2 Å². The van der Waals surface area contributed by atoms with Crippen LogP contribution in [0.1, 0.15) is 30.7 Å². The maximum Gasteiger partial charge on any atom is 0.304 e. The van der Waals surface area contributed by atoms with E-state index in [0.717, 1.165) is 26.3 Å².